The molecule has 0 aliphatic carbocycles. The molecule has 1 aromatic carbocycles. The number of benzene rings is 1. The minimum atomic E-state index is 0.539. The molecule has 1 atom stereocenters. The van der Waals surface area contributed by atoms with Gasteiger partial charge >= 0.3 is 0 Å². The fourth-order valence-electron chi connectivity index (χ4n) is 2.25. The molecule has 1 nitrogen and oxygen atoms in total. The third-order valence-electron chi connectivity index (χ3n) is 3.11. The van der Waals surface area contributed by atoms with E-state index in [1.165, 1.54) is 43.2 Å². The van der Waals surface area contributed by atoms with Crippen LogP contribution in [0.3, 0.4) is 0 Å². The number of hydrogen-bond donors (Lipinski definition) is 1. The molecule has 0 saturated carbocycles. The normalized spacial score (nSPS) is 12.6. The van der Waals surface area contributed by atoms with E-state index in [-0.39, 0.29) is 0 Å². The molecule has 0 saturated heterocycles. The molecule has 1 heteroatoms. The lowest BCUT2D eigenvalue weighted by Crippen LogP contribution is -2.22. The number of aryl methyl sites for hydroxylation is 1. The summed E-state index contributed by atoms with van der Waals surface area (Å²) < 4.78 is 0. The molecule has 0 amide bonds. The molecular formula is C16H27N. The Morgan fingerprint density at radius 2 is 1.88 bits per heavy atom. The highest BCUT2D eigenvalue weighted by atomic mass is 14.9. The Kier molecular flexibility index (Phi) is 6.95. The van der Waals surface area contributed by atoms with E-state index in [9.17, 15) is 0 Å². The van der Waals surface area contributed by atoms with Crippen molar-refractivity contribution in [3.05, 3.63) is 35.4 Å². The molecular weight excluding hydrogens is 206 g/mol. The molecule has 17 heavy (non-hydrogen) atoms. The highest BCUT2D eigenvalue weighted by Gasteiger charge is 2.09. The monoisotopic (exact) mass is 233 g/mol. The smallest absolute Gasteiger partial charge is 0.0320 e. The summed E-state index contributed by atoms with van der Waals surface area (Å²) in [6, 6.07) is 9.64. The Morgan fingerprint density at radius 1 is 1.06 bits per heavy atom. The molecule has 0 aliphatic heterocycles. The third-order valence-corrected chi connectivity index (χ3v) is 3.11. The second kappa shape index (κ2) is 8.30. The molecule has 0 fully saturated rings. The van der Waals surface area contributed by atoms with Gasteiger partial charge in [-0.15, -0.1) is 0 Å². The fraction of sp³-hybridized carbons (Fsp3) is 0.625. The molecule has 0 aromatic heterocycles. The van der Waals surface area contributed by atoms with Crippen LogP contribution in [0.2, 0.25) is 0 Å². The summed E-state index contributed by atoms with van der Waals surface area (Å²) in [5.74, 6) is 0. The van der Waals surface area contributed by atoms with Crippen molar-refractivity contribution in [2.45, 2.75) is 58.9 Å². The van der Waals surface area contributed by atoms with Gasteiger partial charge < -0.3 is 5.32 Å². The van der Waals surface area contributed by atoms with Crippen molar-refractivity contribution >= 4 is 0 Å². The summed E-state index contributed by atoms with van der Waals surface area (Å²) in [5.41, 5.74) is 2.94. The van der Waals surface area contributed by atoms with Gasteiger partial charge in [0.15, 0.2) is 0 Å². The predicted molar refractivity (Wildman–Crippen MR) is 76.4 cm³/mol. The molecule has 1 unspecified atom stereocenters. The van der Waals surface area contributed by atoms with E-state index in [0.29, 0.717) is 6.04 Å². The second-order valence-electron chi connectivity index (χ2n) is 4.79. The van der Waals surface area contributed by atoms with Crippen molar-refractivity contribution in [2.24, 2.45) is 0 Å². The largest absolute Gasteiger partial charge is 0.310 e. The van der Waals surface area contributed by atoms with E-state index in [2.05, 4.69) is 50.4 Å². The van der Waals surface area contributed by atoms with Gasteiger partial charge in [-0.05, 0) is 36.9 Å². The average Bonchev–Trinajstić information content (AvgIpc) is 2.35. The highest BCUT2D eigenvalue weighted by Crippen LogP contribution is 2.20. The van der Waals surface area contributed by atoms with Crippen molar-refractivity contribution in [3.8, 4) is 0 Å². The van der Waals surface area contributed by atoms with Crippen molar-refractivity contribution < 1.29 is 0 Å². The van der Waals surface area contributed by atoms with Gasteiger partial charge in [0.1, 0.15) is 0 Å². The molecule has 0 spiro atoms. The van der Waals surface area contributed by atoms with Gasteiger partial charge in [-0.1, -0.05) is 57.9 Å². The molecule has 1 rings (SSSR count). The lowest BCUT2D eigenvalue weighted by Gasteiger charge is -2.19. The molecule has 0 bridgehead atoms. The minimum Gasteiger partial charge on any atom is -0.310 e. The quantitative estimate of drug-likeness (QED) is 0.698. The molecule has 0 radical (unpaired) electrons. The zero-order valence-electron chi connectivity index (χ0n) is 11.6. The van der Waals surface area contributed by atoms with Gasteiger partial charge in [0, 0.05) is 6.04 Å². The van der Waals surface area contributed by atoms with Crippen LogP contribution in [0.15, 0.2) is 24.3 Å². The summed E-state index contributed by atoms with van der Waals surface area (Å²) >= 11 is 0. The van der Waals surface area contributed by atoms with Crippen LogP contribution in [0, 0.1) is 0 Å². The van der Waals surface area contributed by atoms with Gasteiger partial charge in [0.25, 0.3) is 0 Å². The predicted octanol–water partition coefficient (Wildman–Crippen LogP) is 4.48. The summed E-state index contributed by atoms with van der Waals surface area (Å²) in [5, 5.41) is 3.66. The Labute approximate surface area is 107 Å². The van der Waals surface area contributed by atoms with Crippen molar-refractivity contribution in [2.75, 3.05) is 6.54 Å². The maximum absolute atomic E-state index is 3.66. The SMILES string of the molecule is CCCNC(CCC)c1cccc(CCC)c1. The third kappa shape index (κ3) is 4.91. The van der Waals surface area contributed by atoms with Gasteiger partial charge in [0.05, 0.1) is 0 Å². The van der Waals surface area contributed by atoms with Crippen molar-refractivity contribution in [1.29, 1.82) is 0 Å². The van der Waals surface area contributed by atoms with Gasteiger partial charge in [-0.25, -0.2) is 0 Å². The highest BCUT2D eigenvalue weighted by molar-refractivity contribution is 5.26. The van der Waals surface area contributed by atoms with Crippen LogP contribution in [0.5, 0.6) is 0 Å². The van der Waals surface area contributed by atoms with Crippen molar-refractivity contribution in [1.82, 2.24) is 5.32 Å². The fourth-order valence-corrected chi connectivity index (χ4v) is 2.25. The number of rotatable bonds is 8. The zero-order valence-corrected chi connectivity index (χ0v) is 11.6. The van der Waals surface area contributed by atoms with Gasteiger partial charge in [-0.2, -0.15) is 0 Å². The Morgan fingerprint density at radius 3 is 2.53 bits per heavy atom. The molecule has 1 N–H and O–H groups in total. The van der Waals surface area contributed by atoms with Crippen LogP contribution in [0.25, 0.3) is 0 Å². The summed E-state index contributed by atoms with van der Waals surface area (Å²) in [6.45, 7) is 7.84. The summed E-state index contributed by atoms with van der Waals surface area (Å²) in [7, 11) is 0. The maximum Gasteiger partial charge on any atom is 0.0320 e. The molecule has 0 heterocycles. The standard InChI is InChI=1S/C16H27N/c1-4-8-14-10-7-11-15(13-14)16(9-5-2)17-12-6-3/h7,10-11,13,16-17H,4-6,8-9,12H2,1-3H3. The summed E-state index contributed by atoms with van der Waals surface area (Å²) in [6.07, 6.45) is 6.09. The lowest BCUT2D eigenvalue weighted by atomic mass is 9.98. The average molecular weight is 233 g/mol. The molecule has 0 aliphatic rings. The zero-order chi connectivity index (χ0) is 12.5. The first kappa shape index (κ1) is 14.2. The van der Waals surface area contributed by atoms with Crippen LogP contribution in [-0.4, -0.2) is 6.54 Å². The van der Waals surface area contributed by atoms with Crippen LogP contribution >= 0.6 is 0 Å². The molecule has 1 aromatic rings. The first-order chi connectivity index (χ1) is 8.31. The lowest BCUT2D eigenvalue weighted by molar-refractivity contribution is 0.493. The number of hydrogen-bond acceptors (Lipinski definition) is 1. The Balaban J connectivity index is 2.73. The number of nitrogens with one attached hydrogen (secondary N) is 1. The Hall–Kier alpha value is -0.820. The second-order valence-corrected chi connectivity index (χ2v) is 4.79. The van der Waals surface area contributed by atoms with Gasteiger partial charge in [-0.3, -0.25) is 0 Å². The van der Waals surface area contributed by atoms with Crippen LogP contribution in [0.1, 0.15) is 63.6 Å². The van der Waals surface area contributed by atoms with Crippen LogP contribution in [0.4, 0.5) is 0 Å². The van der Waals surface area contributed by atoms with E-state index >= 15 is 0 Å². The Bertz CT molecular complexity index is 306. The van der Waals surface area contributed by atoms with E-state index in [0.717, 1.165) is 6.54 Å². The first-order valence-corrected chi connectivity index (χ1v) is 7.14. The van der Waals surface area contributed by atoms with E-state index in [4.69, 9.17) is 0 Å². The maximum atomic E-state index is 3.66. The van der Waals surface area contributed by atoms with Crippen LogP contribution < -0.4 is 5.32 Å². The van der Waals surface area contributed by atoms with Crippen LogP contribution in [-0.2, 0) is 6.42 Å². The van der Waals surface area contributed by atoms with E-state index in [1.54, 1.807) is 0 Å². The molecule has 96 valence electrons. The summed E-state index contributed by atoms with van der Waals surface area (Å²) in [4.78, 5) is 0. The topological polar surface area (TPSA) is 12.0 Å². The minimum absolute atomic E-state index is 0.539. The van der Waals surface area contributed by atoms with Gasteiger partial charge in [0.2, 0.25) is 0 Å². The van der Waals surface area contributed by atoms with E-state index < -0.39 is 0 Å². The van der Waals surface area contributed by atoms with Crippen molar-refractivity contribution in [3.63, 3.8) is 0 Å². The first-order valence-electron chi connectivity index (χ1n) is 7.14. The van der Waals surface area contributed by atoms with E-state index in [1.807, 2.05) is 0 Å².